The Labute approximate surface area is 95.0 Å². The number of hydrogen-bond donors (Lipinski definition) is 0. The van der Waals surface area contributed by atoms with Crippen LogP contribution in [0.3, 0.4) is 0 Å². The maximum Gasteiger partial charge on any atom is 0.147 e. The third-order valence-corrected chi connectivity index (χ3v) is 2.64. The van der Waals surface area contributed by atoms with Crippen LogP contribution in [0.25, 0.3) is 11.3 Å². The van der Waals surface area contributed by atoms with Gasteiger partial charge >= 0.3 is 0 Å². The molecule has 0 bridgehead atoms. The normalized spacial score (nSPS) is 10.4. The number of alkyl halides is 1. The summed E-state index contributed by atoms with van der Waals surface area (Å²) in [5, 5.41) is 5.33. The van der Waals surface area contributed by atoms with Crippen molar-refractivity contribution in [3.05, 3.63) is 41.1 Å². The van der Waals surface area contributed by atoms with Crippen molar-refractivity contribution in [1.29, 1.82) is 0 Å². The van der Waals surface area contributed by atoms with Crippen LogP contribution >= 0.6 is 27.5 Å². The van der Waals surface area contributed by atoms with E-state index in [0.29, 0.717) is 5.33 Å². The average Bonchev–Trinajstić information content (AvgIpc) is 2.67. The highest BCUT2D eigenvalue weighted by atomic mass is 79.9. The number of benzene rings is 1. The van der Waals surface area contributed by atoms with Crippen LogP contribution in [0.4, 0.5) is 0 Å². The van der Waals surface area contributed by atoms with Gasteiger partial charge in [0.2, 0.25) is 0 Å². The van der Waals surface area contributed by atoms with Gasteiger partial charge < -0.3 is 4.52 Å². The van der Waals surface area contributed by atoms with Crippen LogP contribution in [0.15, 0.2) is 34.9 Å². The first-order valence-electron chi connectivity index (χ1n) is 4.07. The average molecular weight is 273 g/mol. The second kappa shape index (κ2) is 4.15. The highest BCUT2D eigenvalue weighted by Gasteiger charge is 2.04. The molecule has 0 N–H and O–H groups in total. The van der Waals surface area contributed by atoms with E-state index in [-0.39, 0.29) is 0 Å². The third kappa shape index (κ3) is 1.99. The van der Waals surface area contributed by atoms with Crippen LogP contribution in [0.2, 0.25) is 5.02 Å². The first kappa shape index (κ1) is 9.74. The van der Waals surface area contributed by atoms with E-state index in [9.17, 15) is 0 Å². The van der Waals surface area contributed by atoms with Crippen molar-refractivity contribution in [1.82, 2.24) is 5.16 Å². The molecule has 2 aromatic rings. The van der Waals surface area contributed by atoms with Crippen molar-refractivity contribution in [2.24, 2.45) is 0 Å². The van der Waals surface area contributed by atoms with Gasteiger partial charge in [0.25, 0.3) is 0 Å². The van der Waals surface area contributed by atoms with Gasteiger partial charge in [-0.25, -0.2) is 0 Å². The molecule has 0 atom stereocenters. The Morgan fingerprint density at radius 1 is 1.29 bits per heavy atom. The summed E-state index contributed by atoms with van der Waals surface area (Å²) in [7, 11) is 0. The summed E-state index contributed by atoms with van der Waals surface area (Å²) >= 11 is 9.08. The van der Waals surface area contributed by atoms with Gasteiger partial charge in [-0.2, -0.15) is 0 Å². The van der Waals surface area contributed by atoms with Crippen LogP contribution in [-0.2, 0) is 5.33 Å². The van der Waals surface area contributed by atoms with Crippen molar-refractivity contribution in [3.63, 3.8) is 0 Å². The maximum absolute atomic E-state index is 5.78. The molecule has 1 aromatic carbocycles. The number of rotatable bonds is 2. The lowest BCUT2D eigenvalue weighted by molar-refractivity contribution is 0.398. The first-order valence-corrected chi connectivity index (χ1v) is 5.57. The second-order valence-electron chi connectivity index (χ2n) is 2.82. The Balaban J connectivity index is 2.34. The lowest BCUT2D eigenvalue weighted by atomic mass is 10.1. The zero-order chi connectivity index (χ0) is 9.97. The first-order chi connectivity index (χ1) is 6.79. The molecular weight excluding hydrogens is 265 g/mol. The zero-order valence-corrected chi connectivity index (χ0v) is 9.55. The van der Waals surface area contributed by atoms with Crippen LogP contribution < -0.4 is 0 Å². The van der Waals surface area contributed by atoms with Crippen molar-refractivity contribution in [2.75, 3.05) is 0 Å². The minimum atomic E-state index is 0.674. The fraction of sp³-hybridized carbons (Fsp3) is 0.100. The third-order valence-electron chi connectivity index (χ3n) is 1.83. The van der Waals surface area contributed by atoms with Gasteiger partial charge in [-0.05, 0) is 12.1 Å². The summed E-state index contributed by atoms with van der Waals surface area (Å²) in [5.41, 5.74) is 1.83. The molecule has 0 saturated heterocycles. The minimum absolute atomic E-state index is 0.674. The molecule has 4 heteroatoms. The molecule has 0 unspecified atom stereocenters. The van der Waals surface area contributed by atoms with Crippen molar-refractivity contribution >= 4 is 27.5 Å². The summed E-state index contributed by atoms with van der Waals surface area (Å²) in [6, 6.07) is 9.40. The number of halogens is 2. The van der Waals surface area contributed by atoms with E-state index in [1.807, 2.05) is 30.3 Å². The summed E-state index contributed by atoms with van der Waals surface area (Å²) in [6.07, 6.45) is 0. The molecule has 0 saturated carbocycles. The maximum atomic E-state index is 5.78. The number of aromatic nitrogens is 1. The Morgan fingerprint density at radius 2 is 2.00 bits per heavy atom. The van der Waals surface area contributed by atoms with E-state index in [4.69, 9.17) is 16.1 Å². The van der Waals surface area contributed by atoms with Crippen molar-refractivity contribution in [2.45, 2.75) is 5.33 Å². The summed E-state index contributed by atoms with van der Waals surface area (Å²) in [6.45, 7) is 0. The van der Waals surface area contributed by atoms with Crippen LogP contribution in [-0.4, -0.2) is 5.16 Å². The summed E-state index contributed by atoms with van der Waals surface area (Å²) in [5.74, 6) is 0.815. The van der Waals surface area contributed by atoms with Gasteiger partial charge in [-0.3, -0.25) is 0 Å². The molecule has 2 rings (SSSR count). The standard InChI is InChI=1S/C10H7BrClNO/c11-6-9-5-10(13-14-9)7-1-3-8(12)4-2-7/h1-5H,6H2. The van der Waals surface area contributed by atoms with Gasteiger partial charge in [0.15, 0.2) is 0 Å². The van der Waals surface area contributed by atoms with Crippen LogP contribution in [0.5, 0.6) is 0 Å². The number of nitrogens with zero attached hydrogens (tertiary/aromatic N) is 1. The van der Waals surface area contributed by atoms with E-state index < -0.39 is 0 Å². The molecule has 0 spiro atoms. The van der Waals surface area contributed by atoms with Crippen molar-refractivity contribution < 1.29 is 4.52 Å². The van der Waals surface area contributed by atoms with Gasteiger partial charge in [0.05, 0.1) is 5.33 Å². The Kier molecular flexibility index (Phi) is 2.89. The second-order valence-corrected chi connectivity index (χ2v) is 3.82. The Morgan fingerprint density at radius 3 is 2.57 bits per heavy atom. The molecule has 1 aromatic heterocycles. The van der Waals surface area contributed by atoms with E-state index in [1.165, 1.54) is 0 Å². The zero-order valence-electron chi connectivity index (χ0n) is 7.21. The largest absolute Gasteiger partial charge is 0.360 e. The molecule has 0 aliphatic rings. The van der Waals surface area contributed by atoms with Gasteiger partial charge in [-0.1, -0.05) is 44.8 Å². The van der Waals surface area contributed by atoms with Crippen LogP contribution in [0.1, 0.15) is 5.76 Å². The Hall–Kier alpha value is -0.800. The molecule has 0 aliphatic heterocycles. The summed E-state index contributed by atoms with van der Waals surface area (Å²) < 4.78 is 5.07. The van der Waals surface area contributed by atoms with Gasteiger partial charge in [-0.15, -0.1) is 0 Å². The lowest BCUT2D eigenvalue weighted by Gasteiger charge is -1.93. The highest BCUT2D eigenvalue weighted by Crippen LogP contribution is 2.21. The van der Waals surface area contributed by atoms with Gasteiger partial charge in [0.1, 0.15) is 11.5 Å². The predicted molar refractivity (Wildman–Crippen MR) is 59.6 cm³/mol. The highest BCUT2D eigenvalue weighted by molar-refractivity contribution is 9.08. The van der Waals surface area contributed by atoms with E-state index in [1.54, 1.807) is 0 Å². The molecule has 1 heterocycles. The predicted octanol–water partition coefficient (Wildman–Crippen LogP) is 3.89. The fourth-order valence-electron chi connectivity index (χ4n) is 1.13. The quantitative estimate of drug-likeness (QED) is 0.775. The van der Waals surface area contributed by atoms with E-state index in [2.05, 4.69) is 21.1 Å². The topological polar surface area (TPSA) is 26.0 Å². The lowest BCUT2D eigenvalue weighted by Crippen LogP contribution is -1.75. The molecular formula is C10H7BrClNO. The SMILES string of the molecule is Clc1ccc(-c2cc(CBr)on2)cc1. The molecule has 0 amide bonds. The summed E-state index contributed by atoms with van der Waals surface area (Å²) in [4.78, 5) is 0. The molecule has 0 fully saturated rings. The smallest absolute Gasteiger partial charge is 0.147 e. The minimum Gasteiger partial charge on any atom is -0.360 e. The molecule has 2 nitrogen and oxygen atoms in total. The van der Waals surface area contributed by atoms with E-state index in [0.717, 1.165) is 22.0 Å². The molecule has 72 valence electrons. The molecule has 14 heavy (non-hydrogen) atoms. The molecule has 0 radical (unpaired) electrons. The fourth-order valence-corrected chi connectivity index (χ4v) is 1.52. The Bertz CT molecular complexity index is 424. The monoisotopic (exact) mass is 271 g/mol. The number of hydrogen-bond acceptors (Lipinski definition) is 2. The molecule has 0 aliphatic carbocycles. The van der Waals surface area contributed by atoms with Crippen LogP contribution in [0, 0.1) is 0 Å². The van der Waals surface area contributed by atoms with Crippen molar-refractivity contribution in [3.8, 4) is 11.3 Å². The van der Waals surface area contributed by atoms with E-state index >= 15 is 0 Å². The van der Waals surface area contributed by atoms with Gasteiger partial charge in [0, 0.05) is 16.7 Å².